The van der Waals surface area contributed by atoms with E-state index in [1.807, 2.05) is 0 Å². The fourth-order valence-electron chi connectivity index (χ4n) is 1.24. The van der Waals surface area contributed by atoms with Gasteiger partial charge >= 0.3 is 0 Å². The number of hydrogen-bond acceptors (Lipinski definition) is 2. The van der Waals surface area contributed by atoms with Crippen molar-refractivity contribution in [3.63, 3.8) is 0 Å². The summed E-state index contributed by atoms with van der Waals surface area (Å²) in [5.74, 6) is -0.185. The van der Waals surface area contributed by atoms with Gasteiger partial charge < -0.3 is 0 Å². The van der Waals surface area contributed by atoms with Gasteiger partial charge in [-0.15, -0.1) is 0 Å². The molecule has 64 valence electrons. The zero-order valence-electron chi connectivity index (χ0n) is 6.69. The first-order chi connectivity index (χ1) is 5.79. The molecule has 0 heterocycles. The zero-order chi connectivity index (χ0) is 8.55. The molecule has 0 fully saturated rings. The third-order valence-electron chi connectivity index (χ3n) is 1.84. The Morgan fingerprint density at radius 1 is 0.769 bits per heavy atom. The summed E-state index contributed by atoms with van der Waals surface area (Å²) in [6.07, 6.45) is 2.62. The molecule has 2 nitrogen and oxygen atoms in total. The van der Waals surface area contributed by atoms with E-state index in [0.717, 1.165) is 0 Å². The fourth-order valence-corrected chi connectivity index (χ4v) is 1.24. The molecule has 1 aromatic carbocycles. The molecule has 13 heavy (non-hydrogen) atoms. The minimum absolute atomic E-state index is 0. The standard InChI is InChI=1S/C10H6O2.Cr/c11-9-5-6-10(12)8-4-2-1-3-7(8)9;/h1-6H;. The van der Waals surface area contributed by atoms with Crippen LogP contribution in [0.4, 0.5) is 0 Å². The molecule has 0 unspecified atom stereocenters. The van der Waals surface area contributed by atoms with E-state index in [1.54, 1.807) is 24.3 Å². The van der Waals surface area contributed by atoms with Crippen LogP contribution in [0.3, 0.4) is 0 Å². The van der Waals surface area contributed by atoms with Gasteiger partial charge in [0.2, 0.25) is 0 Å². The molecule has 2 rings (SSSR count). The molecule has 0 amide bonds. The molecule has 0 radical (unpaired) electrons. The minimum atomic E-state index is -0.0924. The summed E-state index contributed by atoms with van der Waals surface area (Å²) < 4.78 is 0. The second-order valence-electron chi connectivity index (χ2n) is 2.61. The predicted molar refractivity (Wildman–Crippen MR) is 44.2 cm³/mol. The van der Waals surface area contributed by atoms with E-state index in [2.05, 4.69) is 0 Å². The van der Waals surface area contributed by atoms with Crippen molar-refractivity contribution < 1.29 is 27.0 Å². The van der Waals surface area contributed by atoms with E-state index in [0.29, 0.717) is 11.1 Å². The van der Waals surface area contributed by atoms with Crippen LogP contribution < -0.4 is 0 Å². The van der Waals surface area contributed by atoms with Crippen molar-refractivity contribution in [1.82, 2.24) is 0 Å². The van der Waals surface area contributed by atoms with Crippen molar-refractivity contribution in [2.45, 2.75) is 0 Å². The third-order valence-corrected chi connectivity index (χ3v) is 1.84. The monoisotopic (exact) mass is 210 g/mol. The maximum atomic E-state index is 11.2. The van der Waals surface area contributed by atoms with Crippen molar-refractivity contribution in [3.05, 3.63) is 47.5 Å². The van der Waals surface area contributed by atoms with Crippen LogP contribution in [0.15, 0.2) is 36.4 Å². The first kappa shape index (κ1) is 9.92. The van der Waals surface area contributed by atoms with Gasteiger partial charge in [-0.3, -0.25) is 9.59 Å². The van der Waals surface area contributed by atoms with Crippen LogP contribution in [0, 0.1) is 0 Å². The largest absolute Gasteiger partial charge is 0.289 e. The van der Waals surface area contributed by atoms with Gasteiger partial charge in [-0.25, -0.2) is 0 Å². The Bertz CT molecular complexity index is 357. The number of benzene rings is 1. The topological polar surface area (TPSA) is 34.1 Å². The van der Waals surface area contributed by atoms with Crippen LogP contribution in [0.2, 0.25) is 0 Å². The van der Waals surface area contributed by atoms with E-state index in [4.69, 9.17) is 0 Å². The average molecular weight is 210 g/mol. The first-order valence-corrected chi connectivity index (χ1v) is 3.65. The molecular formula is C10H6CrO2. The van der Waals surface area contributed by atoms with Gasteiger partial charge in [-0.05, 0) is 12.2 Å². The van der Waals surface area contributed by atoms with Gasteiger partial charge in [0.05, 0.1) is 0 Å². The van der Waals surface area contributed by atoms with Gasteiger partial charge in [0.1, 0.15) is 0 Å². The predicted octanol–water partition coefficient (Wildman–Crippen LogP) is 1.62. The summed E-state index contributed by atoms with van der Waals surface area (Å²) in [5, 5.41) is 0. The average Bonchev–Trinajstić information content (AvgIpc) is 2.12. The van der Waals surface area contributed by atoms with Gasteiger partial charge in [0.15, 0.2) is 11.6 Å². The molecule has 1 aliphatic rings. The molecule has 3 heteroatoms. The van der Waals surface area contributed by atoms with Gasteiger partial charge in [0, 0.05) is 28.5 Å². The molecule has 0 aromatic heterocycles. The number of carbonyl (C=O) groups excluding carboxylic acids is 2. The van der Waals surface area contributed by atoms with Crippen molar-refractivity contribution in [1.29, 1.82) is 0 Å². The molecule has 0 N–H and O–H groups in total. The normalized spacial score (nSPS) is 13.5. The SMILES string of the molecule is O=C1C=CC(=O)c2ccccc21.[Cr]. The third kappa shape index (κ3) is 1.62. The van der Waals surface area contributed by atoms with Crippen LogP contribution in [-0.2, 0) is 17.4 Å². The molecule has 0 saturated carbocycles. The second-order valence-corrected chi connectivity index (χ2v) is 2.61. The minimum Gasteiger partial charge on any atom is -0.289 e. The summed E-state index contributed by atoms with van der Waals surface area (Å²) in [4.78, 5) is 22.4. The number of rotatable bonds is 0. The molecule has 0 spiro atoms. The van der Waals surface area contributed by atoms with Crippen molar-refractivity contribution in [3.8, 4) is 0 Å². The second kappa shape index (κ2) is 3.70. The number of hydrogen-bond donors (Lipinski definition) is 0. The maximum absolute atomic E-state index is 11.2. The summed E-state index contributed by atoms with van der Waals surface area (Å²) in [6.45, 7) is 0. The number of carbonyl (C=O) groups is 2. The molecule has 0 aliphatic heterocycles. The van der Waals surface area contributed by atoms with Crippen molar-refractivity contribution in [2.24, 2.45) is 0 Å². The summed E-state index contributed by atoms with van der Waals surface area (Å²) in [7, 11) is 0. The summed E-state index contributed by atoms with van der Waals surface area (Å²) in [5.41, 5.74) is 1.01. The van der Waals surface area contributed by atoms with Gasteiger partial charge in [-0.2, -0.15) is 0 Å². The Balaban J connectivity index is 0.000000845. The maximum Gasteiger partial charge on any atom is 0.186 e. The van der Waals surface area contributed by atoms with Gasteiger partial charge in [0.25, 0.3) is 0 Å². The van der Waals surface area contributed by atoms with E-state index >= 15 is 0 Å². The Hall–Kier alpha value is -1.17. The Kier molecular flexibility index (Phi) is 2.82. The smallest absolute Gasteiger partial charge is 0.186 e. The van der Waals surface area contributed by atoms with Crippen molar-refractivity contribution >= 4 is 11.6 Å². The Labute approximate surface area is 86.4 Å². The Morgan fingerprint density at radius 3 is 1.54 bits per heavy atom. The molecule has 0 bridgehead atoms. The quantitative estimate of drug-likeness (QED) is 0.652. The summed E-state index contributed by atoms with van der Waals surface area (Å²) >= 11 is 0. The van der Waals surface area contributed by atoms with Gasteiger partial charge in [-0.1, -0.05) is 24.3 Å². The molecular weight excluding hydrogens is 204 g/mol. The number of allylic oxidation sites excluding steroid dienone is 2. The molecule has 0 saturated heterocycles. The number of fused-ring (bicyclic) bond motifs is 1. The van der Waals surface area contributed by atoms with Crippen molar-refractivity contribution in [2.75, 3.05) is 0 Å². The van der Waals surface area contributed by atoms with E-state index in [-0.39, 0.29) is 28.9 Å². The van der Waals surface area contributed by atoms with Crippen LogP contribution in [0.5, 0.6) is 0 Å². The van der Waals surface area contributed by atoms with Crippen LogP contribution in [0.1, 0.15) is 20.7 Å². The molecule has 1 aliphatic carbocycles. The van der Waals surface area contributed by atoms with Crippen LogP contribution >= 0.6 is 0 Å². The first-order valence-electron chi connectivity index (χ1n) is 3.65. The van der Waals surface area contributed by atoms with Crippen LogP contribution in [-0.4, -0.2) is 11.6 Å². The molecule has 1 aromatic rings. The fraction of sp³-hybridized carbons (Fsp3) is 0. The van der Waals surface area contributed by atoms with E-state index in [1.165, 1.54) is 12.2 Å². The van der Waals surface area contributed by atoms with Crippen LogP contribution in [0.25, 0.3) is 0 Å². The zero-order valence-corrected chi connectivity index (χ0v) is 7.96. The number of ketones is 2. The van der Waals surface area contributed by atoms with E-state index in [9.17, 15) is 9.59 Å². The summed E-state index contributed by atoms with van der Waals surface area (Å²) in [6, 6.07) is 6.84. The van der Waals surface area contributed by atoms with E-state index < -0.39 is 0 Å². The Morgan fingerprint density at radius 2 is 1.15 bits per heavy atom. The molecule has 0 atom stereocenters.